The van der Waals surface area contributed by atoms with Gasteiger partial charge in [-0.25, -0.2) is 4.79 Å². The van der Waals surface area contributed by atoms with Gasteiger partial charge in [-0.2, -0.15) is 0 Å². The normalized spacial score (nSPS) is 10.4. The van der Waals surface area contributed by atoms with Crippen LogP contribution in [0.25, 0.3) is 0 Å². The van der Waals surface area contributed by atoms with Crippen LogP contribution in [0.4, 0.5) is 5.69 Å². The summed E-state index contributed by atoms with van der Waals surface area (Å²) >= 11 is 0. The standard InChI is InChI=1S/C18H18N2O6/c1-11(2)26-18(22)12-5-7-15(8-6-12)25-10-14-4-3-13(17(19)21)9-16(14)20(23)24/h3-9,11H,10H2,1-2H3,(H2,19,21). The highest BCUT2D eigenvalue weighted by atomic mass is 16.6. The summed E-state index contributed by atoms with van der Waals surface area (Å²) in [6, 6.07) is 10.2. The molecule has 0 heterocycles. The molecule has 2 aromatic rings. The van der Waals surface area contributed by atoms with Gasteiger partial charge in [0.1, 0.15) is 12.4 Å². The Morgan fingerprint density at radius 3 is 2.27 bits per heavy atom. The average molecular weight is 358 g/mol. The number of esters is 1. The van der Waals surface area contributed by atoms with Gasteiger partial charge in [-0.05, 0) is 50.2 Å². The number of nitrogens with two attached hydrogens (primary N) is 1. The molecular formula is C18H18N2O6. The highest BCUT2D eigenvalue weighted by Gasteiger charge is 2.17. The number of nitro benzene ring substituents is 1. The van der Waals surface area contributed by atoms with E-state index in [9.17, 15) is 19.7 Å². The molecule has 0 fully saturated rings. The van der Waals surface area contributed by atoms with E-state index in [-0.39, 0.29) is 24.0 Å². The average Bonchev–Trinajstić information content (AvgIpc) is 2.59. The Morgan fingerprint density at radius 2 is 1.73 bits per heavy atom. The molecule has 0 spiro atoms. The molecule has 136 valence electrons. The van der Waals surface area contributed by atoms with Gasteiger partial charge in [-0.1, -0.05) is 0 Å². The van der Waals surface area contributed by atoms with Crippen LogP contribution in [0, 0.1) is 10.1 Å². The molecule has 0 aromatic heterocycles. The van der Waals surface area contributed by atoms with E-state index in [0.717, 1.165) is 6.07 Å². The van der Waals surface area contributed by atoms with Crippen molar-refractivity contribution in [2.24, 2.45) is 5.73 Å². The van der Waals surface area contributed by atoms with Gasteiger partial charge >= 0.3 is 5.97 Å². The fourth-order valence-electron chi connectivity index (χ4n) is 2.14. The van der Waals surface area contributed by atoms with Gasteiger partial charge < -0.3 is 15.2 Å². The predicted molar refractivity (Wildman–Crippen MR) is 92.9 cm³/mol. The SMILES string of the molecule is CC(C)OC(=O)c1ccc(OCc2ccc(C(N)=O)cc2[N+](=O)[O-])cc1. The second-order valence-electron chi connectivity index (χ2n) is 5.73. The molecule has 0 bridgehead atoms. The molecule has 0 saturated heterocycles. The Kier molecular flexibility index (Phi) is 5.90. The molecule has 0 saturated carbocycles. The molecular weight excluding hydrogens is 340 g/mol. The molecule has 0 unspecified atom stereocenters. The molecule has 0 radical (unpaired) electrons. The maximum atomic E-state index is 11.8. The van der Waals surface area contributed by atoms with Crippen LogP contribution in [-0.2, 0) is 11.3 Å². The molecule has 8 heteroatoms. The third kappa shape index (κ3) is 4.79. The first-order valence-corrected chi connectivity index (χ1v) is 7.79. The van der Waals surface area contributed by atoms with Crippen molar-refractivity contribution in [3.8, 4) is 5.75 Å². The number of benzene rings is 2. The van der Waals surface area contributed by atoms with Crippen molar-refractivity contribution in [2.45, 2.75) is 26.6 Å². The number of nitrogens with zero attached hydrogens (tertiary/aromatic N) is 1. The van der Waals surface area contributed by atoms with Gasteiger partial charge in [0.25, 0.3) is 5.69 Å². The Morgan fingerprint density at radius 1 is 1.12 bits per heavy atom. The zero-order chi connectivity index (χ0) is 19.3. The van der Waals surface area contributed by atoms with Gasteiger partial charge in [0.05, 0.1) is 22.2 Å². The van der Waals surface area contributed by atoms with Crippen molar-refractivity contribution < 1.29 is 24.0 Å². The smallest absolute Gasteiger partial charge is 0.338 e. The summed E-state index contributed by atoms with van der Waals surface area (Å²) < 4.78 is 10.6. The number of amides is 1. The molecule has 26 heavy (non-hydrogen) atoms. The lowest BCUT2D eigenvalue weighted by molar-refractivity contribution is -0.385. The summed E-state index contributed by atoms with van der Waals surface area (Å²) in [4.78, 5) is 33.5. The maximum Gasteiger partial charge on any atom is 0.338 e. The number of nitro groups is 1. The molecule has 8 nitrogen and oxygen atoms in total. The number of rotatable bonds is 7. The van der Waals surface area contributed by atoms with Crippen molar-refractivity contribution >= 4 is 17.6 Å². The van der Waals surface area contributed by atoms with Crippen LogP contribution in [0.15, 0.2) is 42.5 Å². The zero-order valence-electron chi connectivity index (χ0n) is 14.3. The number of hydrogen-bond donors (Lipinski definition) is 1. The fraction of sp³-hybridized carbons (Fsp3) is 0.222. The molecule has 0 aliphatic rings. The van der Waals surface area contributed by atoms with E-state index in [1.165, 1.54) is 12.1 Å². The predicted octanol–water partition coefficient (Wildman–Crippen LogP) is 2.84. The van der Waals surface area contributed by atoms with E-state index in [0.29, 0.717) is 16.9 Å². The minimum Gasteiger partial charge on any atom is -0.489 e. The van der Waals surface area contributed by atoms with Gasteiger partial charge in [-0.3, -0.25) is 14.9 Å². The van der Waals surface area contributed by atoms with Gasteiger partial charge in [-0.15, -0.1) is 0 Å². The topological polar surface area (TPSA) is 122 Å². The summed E-state index contributed by atoms with van der Waals surface area (Å²) in [5, 5.41) is 11.2. The Balaban J connectivity index is 2.10. The van der Waals surface area contributed by atoms with E-state index in [4.69, 9.17) is 15.2 Å². The largest absolute Gasteiger partial charge is 0.489 e. The molecule has 0 atom stereocenters. The van der Waals surface area contributed by atoms with Crippen molar-refractivity contribution in [1.82, 2.24) is 0 Å². The molecule has 1 amide bonds. The van der Waals surface area contributed by atoms with Gasteiger partial charge in [0.15, 0.2) is 0 Å². The number of hydrogen-bond acceptors (Lipinski definition) is 6. The maximum absolute atomic E-state index is 11.8. The first-order chi connectivity index (χ1) is 12.3. The van der Waals surface area contributed by atoms with Crippen LogP contribution in [0.2, 0.25) is 0 Å². The molecule has 2 aromatic carbocycles. The minimum absolute atomic E-state index is 0.0495. The number of carbonyl (C=O) groups excluding carboxylic acids is 2. The molecule has 2 N–H and O–H groups in total. The van der Waals surface area contributed by atoms with Crippen LogP contribution in [0.1, 0.15) is 40.1 Å². The quantitative estimate of drug-likeness (QED) is 0.461. The van der Waals surface area contributed by atoms with Crippen LogP contribution in [0.3, 0.4) is 0 Å². The summed E-state index contributed by atoms with van der Waals surface area (Å²) in [5.41, 5.74) is 5.61. The lowest BCUT2D eigenvalue weighted by Crippen LogP contribution is -2.12. The summed E-state index contributed by atoms with van der Waals surface area (Å²) in [6.45, 7) is 3.43. The van der Waals surface area contributed by atoms with Crippen molar-refractivity contribution in [3.05, 3.63) is 69.3 Å². The van der Waals surface area contributed by atoms with Gasteiger partial charge in [0, 0.05) is 11.6 Å². The molecule has 0 aliphatic heterocycles. The van der Waals surface area contributed by atoms with Crippen molar-refractivity contribution in [2.75, 3.05) is 0 Å². The van der Waals surface area contributed by atoms with Crippen LogP contribution >= 0.6 is 0 Å². The van der Waals surface area contributed by atoms with E-state index in [1.54, 1.807) is 38.1 Å². The monoisotopic (exact) mass is 358 g/mol. The van der Waals surface area contributed by atoms with E-state index in [1.807, 2.05) is 0 Å². The van der Waals surface area contributed by atoms with E-state index in [2.05, 4.69) is 0 Å². The summed E-state index contributed by atoms with van der Waals surface area (Å²) in [6.07, 6.45) is -0.220. The number of carbonyl (C=O) groups is 2. The molecule has 2 rings (SSSR count). The first kappa shape index (κ1) is 18.9. The number of ether oxygens (including phenoxy) is 2. The first-order valence-electron chi connectivity index (χ1n) is 7.79. The second kappa shape index (κ2) is 8.11. The third-order valence-corrected chi connectivity index (χ3v) is 3.39. The van der Waals surface area contributed by atoms with E-state index >= 15 is 0 Å². The van der Waals surface area contributed by atoms with Gasteiger partial charge in [0.2, 0.25) is 5.91 Å². The fourth-order valence-corrected chi connectivity index (χ4v) is 2.14. The Bertz CT molecular complexity index is 830. The lowest BCUT2D eigenvalue weighted by atomic mass is 10.1. The van der Waals surface area contributed by atoms with Crippen LogP contribution in [0.5, 0.6) is 5.75 Å². The highest BCUT2D eigenvalue weighted by molar-refractivity contribution is 5.93. The second-order valence-corrected chi connectivity index (χ2v) is 5.73. The van der Waals surface area contributed by atoms with Crippen molar-refractivity contribution in [1.29, 1.82) is 0 Å². The Labute approximate surface area is 149 Å². The summed E-state index contributed by atoms with van der Waals surface area (Å²) in [5.74, 6) is -0.756. The minimum atomic E-state index is -0.746. The Hall–Kier alpha value is -3.42. The van der Waals surface area contributed by atoms with Crippen LogP contribution in [-0.4, -0.2) is 22.9 Å². The number of primary amides is 1. The van der Waals surface area contributed by atoms with Crippen LogP contribution < -0.4 is 10.5 Å². The van der Waals surface area contributed by atoms with Crippen molar-refractivity contribution in [3.63, 3.8) is 0 Å². The highest BCUT2D eigenvalue weighted by Crippen LogP contribution is 2.23. The lowest BCUT2D eigenvalue weighted by Gasteiger charge is -2.10. The molecule has 0 aliphatic carbocycles. The third-order valence-electron chi connectivity index (χ3n) is 3.39. The zero-order valence-corrected chi connectivity index (χ0v) is 14.3. The van der Waals surface area contributed by atoms with E-state index < -0.39 is 16.8 Å². The summed E-state index contributed by atoms with van der Waals surface area (Å²) in [7, 11) is 0.